The highest BCUT2D eigenvalue weighted by atomic mass is 16.6. The number of carboxylic acids is 1. The number of ether oxygens (including phenoxy) is 1. The topological polar surface area (TPSA) is 133 Å². The van der Waals surface area contributed by atoms with Gasteiger partial charge in [0, 0.05) is 17.7 Å². The van der Waals surface area contributed by atoms with Gasteiger partial charge in [-0.2, -0.15) is 0 Å². The van der Waals surface area contributed by atoms with E-state index in [0.29, 0.717) is 11.3 Å². The average molecular weight is 353 g/mol. The van der Waals surface area contributed by atoms with E-state index >= 15 is 0 Å². The van der Waals surface area contributed by atoms with E-state index in [0.717, 1.165) is 0 Å². The molecule has 0 aliphatic heterocycles. The predicted octanol–water partition coefficient (Wildman–Crippen LogP) is 1.05. The fourth-order valence-corrected chi connectivity index (χ4v) is 2.08. The second kappa shape index (κ2) is 9.14. The SMILES string of the molecule is CC[C@@](O)(C(=O)OCc1ccccc1NC(=O)CCC(=O)O)[C@@H](C)O. The van der Waals surface area contributed by atoms with Crippen LogP contribution >= 0.6 is 0 Å². The van der Waals surface area contributed by atoms with E-state index in [-0.39, 0.29) is 25.9 Å². The quantitative estimate of drug-likeness (QED) is 0.488. The zero-order valence-electron chi connectivity index (χ0n) is 14.2. The number of nitrogens with one attached hydrogen (secondary N) is 1. The molecule has 0 bridgehead atoms. The Hall–Kier alpha value is -2.45. The molecule has 0 spiro atoms. The van der Waals surface area contributed by atoms with Crippen molar-refractivity contribution in [2.45, 2.75) is 51.4 Å². The normalized spacial score (nSPS) is 14.2. The van der Waals surface area contributed by atoms with Crippen molar-refractivity contribution in [2.75, 3.05) is 5.32 Å². The number of para-hydroxylation sites is 1. The lowest BCUT2D eigenvalue weighted by molar-refractivity contribution is -0.178. The van der Waals surface area contributed by atoms with Crippen LogP contribution in [0.15, 0.2) is 24.3 Å². The highest BCUT2D eigenvalue weighted by molar-refractivity contribution is 5.93. The fraction of sp³-hybridized carbons (Fsp3) is 0.471. The highest BCUT2D eigenvalue weighted by Crippen LogP contribution is 2.21. The fourth-order valence-electron chi connectivity index (χ4n) is 2.08. The molecule has 8 nitrogen and oxygen atoms in total. The molecule has 0 unspecified atom stereocenters. The number of carbonyl (C=O) groups is 3. The summed E-state index contributed by atoms with van der Waals surface area (Å²) in [7, 11) is 0. The minimum Gasteiger partial charge on any atom is -0.481 e. The summed E-state index contributed by atoms with van der Waals surface area (Å²) < 4.78 is 5.07. The summed E-state index contributed by atoms with van der Waals surface area (Å²) in [6.45, 7) is 2.62. The maximum atomic E-state index is 12.0. The Morgan fingerprint density at radius 1 is 1.24 bits per heavy atom. The standard InChI is InChI=1S/C17H23NO7/c1-3-17(24,11(2)19)16(23)25-10-12-6-4-5-7-13(12)18-14(20)8-9-15(21)22/h4-7,11,19,24H,3,8-10H2,1-2H3,(H,18,20)(H,21,22)/t11-,17+/m1/s1. The van der Waals surface area contributed by atoms with Gasteiger partial charge in [0.2, 0.25) is 5.91 Å². The number of rotatable bonds is 9. The van der Waals surface area contributed by atoms with Gasteiger partial charge in [-0.05, 0) is 19.4 Å². The summed E-state index contributed by atoms with van der Waals surface area (Å²) in [6.07, 6.45) is -1.78. The number of carbonyl (C=O) groups excluding carboxylic acids is 2. The first-order valence-electron chi connectivity index (χ1n) is 7.88. The number of amides is 1. The zero-order chi connectivity index (χ0) is 19.0. The highest BCUT2D eigenvalue weighted by Gasteiger charge is 2.40. The third kappa shape index (κ3) is 5.84. The number of aliphatic hydroxyl groups is 2. The Labute approximate surface area is 145 Å². The number of hydrogen-bond acceptors (Lipinski definition) is 6. The van der Waals surface area contributed by atoms with Crippen molar-refractivity contribution in [2.24, 2.45) is 0 Å². The van der Waals surface area contributed by atoms with Gasteiger partial charge in [0.25, 0.3) is 0 Å². The molecule has 0 aromatic heterocycles. The number of carboxylic acid groups (broad SMARTS) is 1. The van der Waals surface area contributed by atoms with Gasteiger partial charge in [-0.1, -0.05) is 25.1 Å². The Kier molecular flexibility index (Phi) is 7.53. The maximum Gasteiger partial charge on any atom is 0.341 e. The van der Waals surface area contributed by atoms with Crippen molar-refractivity contribution in [3.63, 3.8) is 0 Å². The summed E-state index contributed by atoms with van der Waals surface area (Å²) in [4.78, 5) is 34.3. The van der Waals surface area contributed by atoms with E-state index in [1.165, 1.54) is 6.92 Å². The van der Waals surface area contributed by atoms with Crippen molar-refractivity contribution in [3.8, 4) is 0 Å². The molecule has 25 heavy (non-hydrogen) atoms. The summed E-state index contributed by atoms with van der Waals surface area (Å²) in [5, 5.41) is 30.8. The predicted molar refractivity (Wildman–Crippen MR) is 88.7 cm³/mol. The van der Waals surface area contributed by atoms with Crippen LogP contribution in [0.5, 0.6) is 0 Å². The van der Waals surface area contributed by atoms with Crippen LogP contribution in [0, 0.1) is 0 Å². The van der Waals surface area contributed by atoms with Crippen LogP contribution in [-0.2, 0) is 25.7 Å². The molecule has 1 amide bonds. The first kappa shape index (κ1) is 20.6. The van der Waals surface area contributed by atoms with E-state index in [1.807, 2.05) is 0 Å². The van der Waals surface area contributed by atoms with Crippen molar-refractivity contribution >= 4 is 23.5 Å². The van der Waals surface area contributed by atoms with E-state index in [1.54, 1.807) is 31.2 Å². The summed E-state index contributed by atoms with van der Waals surface area (Å²) in [5.74, 6) is -2.51. The number of aliphatic hydroxyl groups excluding tert-OH is 1. The van der Waals surface area contributed by atoms with Crippen LogP contribution in [-0.4, -0.2) is 44.9 Å². The zero-order valence-corrected chi connectivity index (χ0v) is 14.2. The van der Waals surface area contributed by atoms with Gasteiger partial charge in [-0.25, -0.2) is 4.79 Å². The first-order valence-corrected chi connectivity index (χ1v) is 7.88. The van der Waals surface area contributed by atoms with Crippen LogP contribution in [0.2, 0.25) is 0 Å². The van der Waals surface area contributed by atoms with Gasteiger partial charge in [-0.3, -0.25) is 9.59 Å². The minimum atomic E-state index is -2.00. The van der Waals surface area contributed by atoms with Gasteiger partial charge in [0.15, 0.2) is 5.60 Å². The minimum absolute atomic E-state index is 0.0168. The van der Waals surface area contributed by atoms with Crippen molar-refractivity contribution < 1.29 is 34.4 Å². The molecule has 1 aromatic carbocycles. The Morgan fingerprint density at radius 2 is 1.88 bits per heavy atom. The Bertz CT molecular complexity index is 629. The monoisotopic (exact) mass is 353 g/mol. The van der Waals surface area contributed by atoms with Gasteiger partial charge in [-0.15, -0.1) is 0 Å². The average Bonchev–Trinajstić information content (AvgIpc) is 2.57. The Balaban J connectivity index is 2.76. The summed E-state index contributed by atoms with van der Waals surface area (Å²) in [6, 6.07) is 6.54. The smallest absolute Gasteiger partial charge is 0.341 e. The molecule has 1 rings (SSSR count). The molecular weight excluding hydrogens is 330 g/mol. The maximum absolute atomic E-state index is 12.0. The van der Waals surface area contributed by atoms with Crippen molar-refractivity contribution in [1.82, 2.24) is 0 Å². The van der Waals surface area contributed by atoms with E-state index < -0.39 is 29.6 Å². The second-order valence-corrected chi connectivity index (χ2v) is 5.63. The molecule has 2 atom stereocenters. The summed E-state index contributed by atoms with van der Waals surface area (Å²) in [5.41, 5.74) is -1.15. The Morgan fingerprint density at radius 3 is 2.44 bits per heavy atom. The molecule has 0 heterocycles. The number of benzene rings is 1. The second-order valence-electron chi connectivity index (χ2n) is 5.63. The molecule has 138 valence electrons. The molecule has 8 heteroatoms. The molecular formula is C17H23NO7. The van der Waals surface area contributed by atoms with Gasteiger partial charge >= 0.3 is 11.9 Å². The molecule has 0 fully saturated rings. The largest absolute Gasteiger partial charge is 0.481 e. The number of hydrogen-bond donors (Lipinski definition) is 4. The van der Waals surface area contributed by atoms with Gasteiger partial charge < -0.3 is 25.4 Å². The van der Waals surface area contributed by atoms with Crippen LogP contribution in [0.25, 0.3) is 0 Å². The van der Waals surface area contributed by atoms with Crippen LogP contribution in [0.3, 0.4) is 0 Å². The lowest BCUT2D eigenvalue weighted by Gasteiger charge is -2.27. The molecule has 0 aliphatic carbocycles. The summed E-state index contributed by atoms with van der Waals surface area (Å²) >= 11 is 0. The van der Waals surface area contributed by atoms with E-state index in [9.17, 15) is 24.6 Å². The molecule has 4 N–H and O–H groups in total. The van der Waals surface area contributed by atoms with E-state index in [4.69, 9.17) is 9.84 Å². The third-order valence-corrected chi connectivity index (χ3v) is 3.80. The van der Waals surface area contributed by atoms with Crippen molar-refractivity contribution in [1.29, 1.82) is 0 Å². The first-order chi connectivity index (χ1) is 11.7. The number of anilines is 1. The van der Waals surface area contributed by atoms with Gasteiger partial charge in [0.1, 0.15) is 6.61 Å². The van der Waals surface area contributed by atoms with Crippen LogP contribution in [0.1, 0.15) is 38.7 Å². The number of esters is 1. The molecule has 1 aromatic rings. The van der Waals surface area contributed by atoms with Crippen LogP contribution < -0.4 is 5.32 Å². The molecule has 0 radical (unpaired) electrons. The van der Waals surface area contributed by atoms with E-state index in [2.05, 4.69) is 5.32 Å². The lowest BCUT2D eigenvalue weighted by atomic mass is 9.95. The molecule has 0 aliphatic rings. The molecule has 0 saturated heterocycles. The van der Waals surface area contributed by atoms with Crippen LogP contribution in [0.4, 0.5) is 5.69 Å². The lowest BCUT2D eigenvalue weighted by Crippen LogP contribution is -2.48. The molecule has 0 saturated carbocycles. The number of aliphatic carboxylic acids is 1. The van der Waals surface area contributed by atoms with Crippen molar-refractivity contribution in [3.05, 3.63) is 29.8 Å². The third-order valence-electron chi connectivity index (χ3n) is 3.80. The van der Waals surface area contributed by atoms with Gasteiger partial charge in [0.05, 0.1) is 12.5 Å².